The van der Waals surface area contributed by atoms with Gasteiger partial charge < -0.3 is 5.32 Å². The van der Waals surface area contributed by atoms with Crippen LogP contribution < -0.4 is 5.32 Å². The van der Waals surface area contributed by atoms with Crippen LogP contribution in [0, 0.1) is 0 Å². The molecule has 0 aliphatic heterocycles. The van der Waals surface area contributed by atoms with Gasteiger partial charge in [0.25, 0.3) is 0 Å². The van der Waals surface area contributed by atoms with Gasteiger partial charge in [0.05, 0.1) is 5.69 Å². The first-order chi connectivity index (χ1) is 6.04. The Kier molecular flexibility index (Phi) is 3.45. The van der Waals surface area contributed by atoms with E-state index in [9.17, 15) is 0 Å². The van der Waals surface area contributed by atoms with Gasteiger partial charge in [-0.3, -0.25) is 0 Å². The van der Waals surface area contributed by atoms with E-state index in [1.165, 1.54) is 10.7 Å². The van der Waals surface area contributed by atoms with E-state index in [0.29, 0.717) is 0 Å². The molecule has 0 saturated carbocycles. The zero-order valence-electron chi connectivity index (χ0n) is 8.85. The maximum atomic E-state index is 4.58. The largest absolute Gasteiger partial charge is 0.311 e. The Morgan fingerprint density at radius 3 is 2.62 bits per heavy atom. The minimum absolute atomic E-state index is 0.182. The SMILES string of the molecule is CCNCc1nc(C(C)(C)C)cs1. The molecule has 1 N–H and O–H groups in total. The van der Waals surface area contributed by atoms with Gasteiger partial charge in [0.15, 0.2) is 0 Å². The van der Waals surface area contributed by atoms with Crippen molar-refractivity contribution in [2.45, 2.75) is 39.7 Å². The molecule has 1 heterocycles. The average Bonchev–Trinajstić information content (AvgIpc) is 2.47. The molecule has 0 atom stereocenters. The summed E-state index contributed by atoms with van der Waals surface area (Å²) in [5.74, 6) is 0. The molecule has 0 amide bonds. The fourth-order valence-corrected chi connectivity index (χ4v) is 1.96. The zero-order valence-corrected chi connectivity index (χ0v) is 9.66. The Labute approximate surface area is 84.4 Å². The lowest BCUT2D eigenvalue weighted by Crippen LogP contribution is -2.14. The number of hydrogen-bond donors (Lipinski definition) is 1. The molecule has 0 spiro atoms. The predicted molar refractivity (Wildman–Crippen MR) is 58.2 cm³/mol. The van der Waals surface area contributed by atoms with Crippen LogP contribution in [0.5, 0.6) is 0 Å². The summed E-state index contributed by atoms with van der Waals surface area (Å²) in [6.07, 6.45) is 0. The standard InChI is InChI=1S/C10H18N2S/c1-5-11-6-9-12-8(7-13-9)10(2,3)4/h7,11H,5-6H2,1-4H3. The van der Waals surface area contributed by atoms with E-state index in [-0.39, 0.29) is 5.41 Å². The van der Waals surface area contributed by atoms with Crippen LogP contribution in [-0.4, -0.2) is 11.5 Å². The topological polar surface area (TPSA) is 24.9 Å². The normalized spacial score (nSPS) is 12.0. The number of hydrogen-bond acceptors (Lipinski definition) is 3. The first-order valence-electron chi connectivity index (χ1n) is 4.69. The van der Waals surface area contributed by atoms with Gasteiger partial charge in [-0.1, -0.05) is 27.7 Å². The van der Waals surface area contributed by atoms with E-state index in [0.717, 1.165) is 13.1 Å². The van der Waals surface area contributed by atoms with E-state index in [1.807, 2.05) is 0 Å². The first-order valence-corrected chi connectivity index (χ1v) is 5.57. The summed E-state index contributed by atoms with van der Waals surface area (Å²) < 4.78 is 0. The Morgan fingerprint density at radius 1 is 1.46 bits per heavy atom. The van der Waals surface area contributed by atoms with Crippen molar-refractivity contribution in [3.63, 3.8) is 0 Å². The minimum atomic E-state index is 0.182. The maximum Gasteiger partial charge on any atom is 0.107 e. The number of nitrogens with one attached hydrogen (secondary N) is 1. The van der Waals surface area contributed by atoms with Crippen LogP contribution in [0.3, 0.4) is 0 Å². The lowest BCUT2D eigenvalue weighted by atomic mass is 9.93. The molecule has 74 valence electrons. The smallest absolute Gasteiger partial charge is 0.107 e. The number of aromatic nitrogens is 1. The molecule has 13 heavy (non-hydrogen) atoms. The second-order valence-corrected chi connectivity index (χ2v) is 5.10. The second-order valence-electron chi connectivity index (χ2n) is 4.16. The third kappa shape index (κ3) is 3.08. The van der Waals surface area contributed by atoms with Crippen LogP contribution >= 0.6 is 11.3 Å². The van der Waals surface area contributed by atoms with E-state index in [4.69, 9.17) is 0 Å². The Balaban J connectivity index is 2.64. The van der Waals surface area contributed by atoms with Crippen LogP contribution in [0.25, 0.3) is 0 Å². The Bertz CT molecular complexity index is 260. The highest BCUT2D eigenvalue weighted by atomic mass is 32.1. The summed E-state index contributed by atoms with van der Waals surface area (Å²) in [5, 5.41) is 6.62. The van der Waals surface area contributed by atoms with E-state index in [1.54, 1.807) is 11.3 Å². The molecule has 1 rings (SSSR count). The van der Waals surface area contributed by atoms with Gasteiger partial charge in [0.1, 0.15) is 5.01 Å². The molecule has 0 aliphatic rings. The minimum Gasteiger partial charge on any atom is -0.311 e. The third-order valence-electron chi connectivity index (χ3n) is 1.85. The third-order valence-corrected chi connectivity index (χ3v) is 2.70. The van der Waals surface area contributed by atoms with Crippen LogP contribution in [0.2, 0.25) is 0 Å². The molecular formula is C10H18N2S. The summed E-state index contributed by atoms with van der Waals surface area (Å²) in [6.45, 7) is 10.6. The summed E-state index contributed by atoms with van der Waals surface area (Å²) in [4.78, 5) is 4.58. The summed E-state index contributed by atoms with van der Waals surface area (Å²) in [5.41, 5.74) is 1.38. The van der Waals surface area contributed by atoms with E-state index in [2.05, 4.69) is 43.4 Å². The molecule has 0 fully saturated rings. The molecule has 1 aromatic heterocycles. The molecule has 0 aromatic carbocycles. The van der Waals surface area contributed by atoms with Gasteiger partial charge in [-0.15, -0.1) is 11.3 Å². The van der Waals surface area contributed by atoms with E-state index < -0.39 is 0 Å². The average molecular weight is 198 g/mol. The van der Waals surface area contributed by atoms with Gasteiger partial charge in [-0.2, -0.15) is 0 Å². The highest BCUT2D eigenvalue weighted by molar-refractivity contribution is 7.09. The molecule has 0 saturated heterocycles. The molecule has 1 aromatic rings. The van der Waals surface area contributed by atoms with Crippen molar-refractivity contribution in [2.75, 3.05) is 6.54 Å². The highest BCUT2D eigenvalue weighted by Gasteiger charge is 2.16. The van der Waals surface area contributed by atoms with Crippen molar-refractivity contribution in [1.82, 2.24) is 10.3 Å². The lowest BCUT2D eigenvalue weighted by molar-refractivity contribution is 0.569. The Morgan fingerprint density at radius 2 is 2.15 bits per heavy atom. The summed E-state index contributed by atoms with van der Waals surface area (Å²) in [7, 11) is 0. The van der Waals surface area contributed by atoms with Crippen molar-refractivity contribution in [3.05, 3.63) is 16.1 Å². The molecule has 0 bridgehead atoms. The van der Waals surface area contributed by atoms with Crippen molar-refractivity contribution >= 4 is 11.3 Å². The number of rotatable bonds is 3. The summed E-state index contributed by atoms with van der Waals surface area (Å²) >= 11 is 1.74. The maximum absolute atomic E-state index is 4.58. The number of nitrogens with zero attached hydrogens (tertiary/aromatic N) is 1. The molecule has 3 heteroatoms. The highest BCUT2D eigenvalue weighted by Crippen LogP contribution is 2.23. The van der Waals surface area contributed by atoms with Crippen molar-refractivity contribution in [1.29, 1.82) is 0 Å². The lowest BCUT2D eigenvalue weighted by Gasteiger charge is -2.14. The zero-order chi connectivity index (χ0) is 9.90. The molecule has 2 nitrogen and oxygen atoms in total. The van der Waals surface area contributed by atoms with Crippen molar-refractivity contribution in [2.24, 2.45) is 0 Å². The van der Waals surface area contributed by atoms with Gasteiger partial charge in [0, 0.05) is 17.3 Å². The van der Waals surface area contributed by atoms with Gasteiger partial charge in [0.2, 0.25) is 0 Å². The van der Waals surface area contributed by atoms with Gasteiger partial charge >= 0.3 is 0 Å². The Hall–Kier alpha value is -0.410. The molecular weight excluding hydrogens is 180 g/mol. The first kappa shape index (κ1) is 10.7. The van der Waals surface area contributed by atoms with Crippen LogP contribution in [0.4, 0.5) is 0 Å². The quantitative estimate of drug-likeness (QED) is 0.807. The molecule has 0 unspecified atom stereocenters. The molecule has 0 aliphatic carbocycles. The van der Waals surface area contributed by atoms with Crippen molar-refractivity contribution in [3.8, 4) is 0 Å². The van der Waals surface area contributed by atoms with Crippen LogP contribution in [0.15, 0.2) is 5.38 Å². The number of thiazole rings is 1. The fourth-order valence-electron chi connectivity index (χ4n) is 0.968. The van der Waals surface area contributed by atoms with Gasteiger partial charge in [-0.25, -0.2) is 4.98 Å². The molecule has 0 radical (unpaired) electrons. The fraction of sp³-hybridized carbons (Fsp3) is 0.700. The van der Waals surface area contributed by atoms with Crippen molar-refractivity contribution < 1.29 is 0 Å². The van der Waals surface area contributed by atoms with E-state index >= 15 is 0 Å². The van der Waals surface area contributed by atoms with Gasteiger partial charge in [-0.05, 0) is 6.54 Å². The predicted octanol–water partition coefficient (Wildman–Crippen LogP) is 2.55. The van der Waals surface area contributed by atoms with Crippen LogP contribution in [0.1, 0.15) is 38.4 Å². The summed E-state index contributed by atoms with van der Waals surface area (Å²) in [6, 6.07) is 0. The second kappa shape index (κ2) is 4.20. The monoisotopic (exact) mass is 198 g/mol. The van der Waals surface area contributed by atoms with Crippen LogP contribution in [-0.2, 0) is 12.0 Å².